The Bertz CT molecular complexity index is 342. The fourth-order valence-corrected chi connectivity index (χ4v) is 1.25. The molecule has 0 atom stereocenters. The van der Waals surface area contributed by atoms with Gasteiger partial charge in [0.1, 0.15) is 0 Å². The molecule has 0 heterocycles. The number of carbonyl (C=O) groups is 1. The van der Waals surface area contributed by atoms with E-state index >= 15 is 0 Å². The predicted octanol–water partition coefficient (Wildman–Crippen LogP) is 2.23. The number of hydrogen-bond acceptors (Lipinski definition) is 2. The lowest BCUT2D eigenvalue weighted by molar-refractivity contribution is -0.115. The van der Waals surface area contributed by atoms with E-state index < -0.39 is 0 Å². The first-order valence-electron chi connectivity index (χ1n) is 4.34. The van der Waals surface area contributed by atoms with Crippen molar-refractivity contribution in [2.75, 3.05) is 18.9 Å². The minimum absolute atomic E-state index is 0. The number of likely N-dealkylation sites (N-methyl/N-ethyl adjacent to an activating group) is 1. The monoisotopic (exact) mass is 248 g/mol. The number of hydrogen-bond donors (Lipinski definition) is 2. The van der Waals surface area contributed by atoms with E-state index in [1.54, 1.807) is 13.1 Å². The van der Waals surface area contributed by atoms with Crippen LogP contribution in [0, 0.1) is 6.92 Å². The van der Waals surface area contributed by atoms with Crippen molar-refractivity contribution in [2.45, 2.75) is 6.92 Å². The topological polar surface area (TPSA) is 41.1 Å². The second-order valence-electron chi connectivity index (χ2n) is 3.06. The number of amides is 1. The van der Waals surface area contributed by atoms with Gasteiger partial charge < -0.3 is 10.6 Å². The van der Waals surface area contributed by atoms with Gasteiger partial charge >= 0.3 is 0 Å². The molecule has 2 N–H and O–H groups in total. The van der Waals surface area contributed by atoms with Crippen molar-refractivity contribution in [1.82, 2.24) is 5.32 Å². The van der Waals surface area contributed by atoms with Gasteiger partial charge in [-0.25, -0.2) is 0 Å². The number of benzene rings is 1. The lowest BCUT2D eigenvalue weighted by Crippen LogP contribution is -2.25. The highest BCUT2D eigenvalue weighted by Crippen LogP contribution is 2.22. The summed E-state index contributed by atoms with van der Waals surface area (Å²) < 4.78 is 0. The zero-order valence-electron chi connectivity index (χ0n) is 8.63. The van der Waals surface area contributed by atoms with Gasteiger partial charge in [0.2, 0.25) is 5.91 Å². The Morgan fingerprint density at radius 2 is 2.13 bits per heavy atom. The Morgan fingerprint density at radius 1 is 1.47 bits per heavy atom. The van der Waals surface area contributed by atoms with Crippen molar-refractivity contribution in [3.63, 3.8) is 0 Å². The Labute approximate surface area is 101 Å². The smallest absolute Gasteiger partial charge is 0.238 e. The van der Waals surface area contributed by atoms with Crippen LogP contribution in [0.1, 0.15) is 5.56 Å². The van der Waals surface area contributed by atoms with Gasteiger partial charge in [0.25, 0.3) is 0 Å². The fraction of sp³-hybridized carbons (Fsp3) is 0.300. The van der Waals surface area contributed by atoms with Crippen molar-refractivity contribution in [2.24, 2.45) is 0 Å². The maximum atomic E-state index is 11.2. The fourth-order valence-electron chi connectivity index (χ4n) is 1.09. The van der Waals surface area contributed by atoms with Crippen LogP contribution in [0.15, 0.2) is 18.2 Å². The van der Waals surface area contributed by atoms with E-state index in [4.69, 9.17) is 11.6 Å². The number of aryl methyl sites for hydroxylation is 1. The molecule has 1 aromatic rings. The highest BCUT2D eigenvalue weighted by atomic mass is 35.5. The third kappa shape index (κ3) is 4.51. The minimum Gasteiger partial charge on any atom is -0.324 e. The van der Waals surface area contributed by atoms with Crippen molar-refractivity contribution in [3.05, 3.63) is 28.8 Å². The first-order chi connectivity index (χ1) is 6.63. The SMILES string of the molecule is CNCC(=O)Nc1cc(C)ccc1Cl.Cl. The number of halogens is 2. The van der Waals surface area contributed by atoms with Crippen molar-refractivity contribution in [3.8, 4) is 0 Å². The van der Waals surface area contributed by atoms with E-state index in [1.807, 2.05) is 19.1 Å². The average molecular weight is 249 g/mol. The molecule has 0 radical (unpaired) electrons. The quantitative estimate of drug-likeness (QED) is 0.862. The van der Waals surface area contributed by atoms with Crippen LogP contribution in [0.5, 0.6) is 0 Å². The zero-order chi connectivity index (χ0) is 10.6. The Hall–Kier alpha value is -0.770. The number of carbonyl (C=O) groups excluding carboxylic acids is 1. The second-order valence-corrected chi connectivity index (χ2v) is 3.47. The molecule has 0 aliphatic heterocycles. The molecule has 15 heavy (non-hydrogen) atoms. The van der Waals surface area contributed by atoms with E-state index in [1.165, 1.54) is 0 Å². The molecule has 0 aliphatic carbocycles. The number of nitrogens with one attached hydrogen (secondary N) is 2. The molecule has 1 aromatic carbocycles. The van der Waals surface area contributed by atoms with E-state index in [9.17, 15) is 4.79 Å². The van der Waals surface area contributed by atoms with Crippen molar-refractivity contribution in [1.29, 1.82) is 0 Å². The maximum Gasteiger partial charge on any atom is 0.238 e. The molecule has 0 aromatic heterocycles. The van der Waals surface area contributed by atoms with Gasteiger partial charge in [-0.05, 0) is 31.7 Å². The highest BCUT2D eigenvalue weighted by Gasteiger charge is 2.04. The first-order valence-corrected chi connectivity index (χ1v) is 4.72. The molecule has 0 saturated heterocycles. The van der Waals surface area contributed by atoms with Crippen LogP contribution in [-0.2, 0) is 4.79 Å². The summed E-state index contributed by atoms with van der Waals surface area (Å²) in [6, 6.07) is 5.51. The standard InChI is InChI=1S/C10H13ClN2O.ClH/c1-7-3-4-8(11)9(5-7)13-10(14)6-12-2;/h3-5,12H,6H2,1-2H3,(H,13,14);1H. The predicted molar refractivity (Wildman–Crippen MR) is 66.0 cm³/mol. The van der Waals surface area contributed by atoms with E-state index in [-0.39, 0.29) is 24.9 Å². The van der Waals surface area contributed by atoms with Crippen LogP contribution < -0.4 is 10.6 Å². The van der Waals surface area contributed by atoms with E-state index in [0.717, 1.165) is 5.56 Å². The van der Waals surface area contributed by atoms with Gasteiger partial charge in [0.15, 0.2) is 0 Å². The summed E-state index contributed by atoms with van der Waals surface area (Å²) in [6.07, 6.45) is 0. The highest BCUT2D eigenvalue weighted by molar-refractivity contribution is 6.33. The maximum absolute atomic E-state index is 11.2. The summed E-state index contributed by atoms with van der Waals surface area (Å²) in [7, 11) is 1.72. The van der Waals surface area contributed by atoms with Gasteiger partial charge in [0.05, 0.1) is 17.3 Å². The second kappa shape index (κ2) is 6.67. The normalized spacial score (nSPS) is 9.27. The summed E-state index contributed by atoms with van der Waals surface area (Å²) in [5.41, 5.74) is 1.72. The van der Waals surface area contributed by atoms with Crippen LogP contribution in [0.25, 0.3) is 0 Å². The third-order valence-corrected chi connectivity index (χ3v) is 2.06. The molecular formula is C10H14Cl2N2O. The Balaban J connectivity index is 0.00000196. The third-order valence-electron chi connectivity index (χ3n) is 1.73. The van der Waals surface area contributed by atoms with Gasteiger partial charge in [-0.2, -0.15) is 0 Å². The molecule has 0 aliphatic rings. The first kappa shape index (κ1) is 14.2. The molecular weight excluding hydrogens is 235 g/mol. The van der Waals surface area contributed by atoms with E-state index in [2.05, 4.69) is 10.6 Å². The molecule has 0 fully saturated rings. The molecule has 1 rings (SSSR count). The average Bonchev–Trinajstić information content (AvgIpc) is 2.12. The summed E-state index contributed by atoms with van der Waals surface area (Å²) in [6.45, 7) is 2.23. The molecule has 0 bridgehead atoms. The lowest BCUT2D eigenvalue weighted by Gasteiger charge is -2.07. The number of anilines is 1. The summed E-state index contributed by atoms with van der Waals surface area (Å²) in [5, 5.41) is 6.04. The van der Waals surface area contributed by atoms with Crippen LogP contribution in [-0.4, -0.2) is 19.5 Å². The molecule has 84 valence electrons. The summed E-state index contributed by atoms with van der Waals surface area (Å²) in [5.74, 6) is -0.0972. The number of rotatable bonds is 3. The molecule has 0 unspecified atom stereocenters. The van der Waals surface area contributed by atoms with Crippen LogP contribution in [0.2, 0.25) is 5.02 Å². The Morgan fingerprint density at radius 3 is 2.73 bits per heavy atom. The largest absolute Gasteiger partial charge is 0.324 e. The Kier molecular flexibility index (Phi) is 6.32. The lowest BCUT2D eigenvalue weighted by atomic mass is 10.2. The van der Waals surface area contributed by atoms with Gasteiger partial charge in [0, 0.05) is 0 Å². The molecule has 1 amide bonds. The molecule has 3 nitrogen and oxygen atoms in total. The van der Waals surface area contributed by atoms with Gasteiger partial charge in [-0.1, -0.05) is 17.7 Å². The zero-order valence-corrected chi connectivity index (χ0v) is 10.2. The van der Waals surface area contributed by atoms with Crippen LogP contribution in [0.3, 0.4) is 0 Å². The van der Waals surface area contributed by atoms with Gasteiger partial charge in [-0.15, -0.1) is 12.4 Å². The molecule has 5 heteroatoms. The van der Waals surface area contributed by atoms with Crippen LogP contribution in [0.4, 0.5) is 5.69 Å². The van der Waals surface area contributed by atoms with Crippen LogP contribution >= 0.6 is 24.0 Å². The molecule has 0 saturated carbocycles. The summed E-state index contributed by atoms with van der Waals surface area (Å²) in [4.78, 5) is 11.2. The van der Waals surface area contributed by atoms with Crippen molar-refractivity contribution >= 4 is 35.6 Å². The van der Waals surface area contributed by atoms with Crippen molar-refractivity contribution < 1.29 is 4.79 Å². The van der Waals surface area contributed by atoms with E-state index in [0.29, 0.717) is 10.7 Å². The molecule has 0 spiro atoms. The minimum atomic E-state index is -0.0972. The summed E-state index contributed by atoms with van der Waals surface area (Å²) >= 11 is 5.91. The van der Waals surface area contributed by atoms with Gasteiger partial charge in [-0.3, -0.25) is 4.79 Å².